The van der Waals surface area contributed by atoms with E-state index in [9.17, 15) is 0 Å². The molecule has 0 spiro atoms. The summed E-state index contributed by atoms with van der Waals surface area (Å²) in [5, 5.41) is 0. The van der Waals surface area contributed by atoms with Gasteiger partial charge in [0.1, 0.15) is 0 Å². The molecule has 0 N–H and O–H groups in total. The molecule has 0 aromatic carbocycles. The molecule has 2 aliphatic rings. The average Bonchev–Trinajstić information content (AvgIpc) is 2.33. The molecule has 0 amide bonds. The van der Waals surface area contributed by atoms with Crippen LogP contribution in [-0.4, -0.2) is 24.5 Å². The number of piperidine rings is 1. The first-order chi connectivity index (χ1) is 7.79. The Bertz CT molecular complexity index is 269. The lowest BCUT2D eigenvalue weighted by Crippen LogP contribution is -2.33. The van der Waals surface area contributed by atoms with Crippen LogP contribution in [0.1, 0.15) is 39.5 Å². The van der Waals surface area contributed by atoms with Gasteiger partial charge < -0.3 is 4.90 Å². The van der Waals surface area contributed by atoms with Gasteiger partial charge in [0.05, 0.1) is 0 Å². The predicted molar refractivity (Wildman–Crippen MR) is 70.5 cm³/mol. The zero-order valence-corrected chi connectivity index (χ0v) is 10.8. The Hall–Kier alpha value is -0.560. The van der Waals surface area contributed by atoms with E-state index in [-0.39, 0.29) is 0 Å². The number of rotatable bonds is 3. The van der Waals surface area contributed by atoms with Crippen molar-refractivity contribution in [2.75, 3.05) is 19.6 Å². The summed E-state index contributed by atoms with van der Waals surface area (Å²) < 4.78 is 0. The molecule has 1 nitrogen and oxygen atoms in total. The van der Waals surface area contributed by atoms with Gasteiger partial charge in [-0.3, -0.25) is 0 Å². The highest BCUT2D eigenvalue weighted by Gasteiger charge is 2.21. The molecular weight excluding hydrogens is 194 g/mol. The summed E-state index contributed by atoms with van der Waals surface area (Å²) in [6, 6.07) is 0. The third-order valence-electron chi connectivity index (χ3n) is 4.25. The Morgan fingerprint density at radius 1 is 1.31 bits per heavy atom. The van der Waals surface area contributed by atoms with Crippen LogP contribution in [0.5, 0.6) is 0 Å². The lowest BCUT2D eigenvalue weighted by Gasteiger charge is -2.32. The standard InChI is InChI=1S/C15H25N/c1-3-16-10-8-14(9-11-16)12-15-7-5-4-6-13(15)2/h4-5,7,13-14H,3,6,8-12H2,1-2H3. The van der Waals surface area contributed by atoms with Gasteiger partial charge in [-0.2, -0.15) is 0 Å². The van der Waals surface area contributed by atoms with E-state index in [1.165, 1.54) is 45.3 Å². The van der Waals surface area contributed by atoms with Crippen molar-refractivity contribution in [3.63, 3.8) is 0 Å². The molecule has 1 unspecified atom stereocenters. The van der Waals surface area contributed by atoms with Crippen molar-refractivity contribution >= 4 is 0 Å². The quantitative estimate of drug-likeness (QED) is 0.700. The van der Waals surface area contributed by atoms with Crippen LogP contribution in [0.3, 0.4) is 0 Å². The molecule has 0 aromatic rings. The fourth-order valence-corrected chi connectivity index (χ4v) is 2.90. The van der Waals surface area contributed by atoms with E-state index in [4.69, 9.17) is 0 Å². The SMILES string of the molecule is CCN1CCC(CC2=CC=CCC2C)CC1. The molecule has 2 rings (SSSR count). The third-order valence-corrected chi connectivity index (χ3v) is 4.25. The fraction of sp³-hybridized carbons (Fsp3) is 0.733. The first kappa shape index (κ1) is 11.9. The minimum Gasteiger partial charge on any atom is -0.304 e. The second-order valence-corrected chi connectivity index (χ2v) is 5.39. The van der Waals surface area contributed by atoms with Crippen LogP contribution >= 0.6 is 0 Å². The normalized spacial score (nSPS) is 28.1. The number of nitrogens with zero attached hydrogens (tertiary/aromatic N) is 1. The van der Waals surface area contributed by atoms with E-state index in [1.807, 2.05) is 0 Å². The summed E-state index contributed by atoms with van der Waals surface area (Å²) in [6.45, 7) is 8.51. The lowest BCUT2D eigenvalue weighted by atomic mass is 9.83. The van der Waals surface area contributed by atoms with E-state index < -0.39 is 0 Å². The van der Waals surface area contributed by atoms with E-state index >= 15 is 0 Å². The molecule has 16 heavy (non-hydrogen) atoms. The van der Waals surface area contributed by atoms with E-state index in [1.54, 1.807) is 5.57 Å². The molecule has 0 saturated carbocycles. The Balaban J connectivity index is 1.82. The molecule has 1 atom stereocenters. The van der Waals surface area contributed by atoms with Crippen LogP contribution in [-0.2, 0) is 0 Å². The molecule has 1 aliphatic heterocycles. The summed E-state index contributed by atoms with van der Waals surface area (Å²) in [6.07, 6.45) is 12.3. The average molecular weight is 219 g/mol. The molecule has 0 radical (unpaired) electrons. The Morgan fingerprint density at radius 2 is 2.06 bits per heavy atom. The number of allylic oxidation sites excluding steroid dienone is 4. The maximum absolute atomic E-state index is 2.58. The van der Waals surface area contributed by atoms with Crippen molar-refractivity contribution in [1.82, 2.24) is 4.90 Å². The largest absolute Gasteiger partial charge is 0.304 e. The number of likely N-dealkylation sites (tertiary alicyclic amines) is 1. The smallest absolute Gasteiger partial charge is 0.00161 e. The molecular formula is C15H25N. The highest BCUT2D eigenvalue weighted by molar-refractivity contribution is 5.20. The second-order valence-electron chi connectivity index (χ2n) is 5.39. The molecule has 0 aromatic heterocycles. The van der Waals surface area contributed by atoms with Crippen LogP contribution in [0.2, 0.25) is 0 Å². The summed E-state index contributed by atoms with van der Waals surface area (Å²) >= 11 is 0. The molecule has 1 fully saturated rings. The summed E-state index contributed by atoms with van der Waals surface area (Å²) in [5.41, 5.74) is 1.69. The Morgan fingerprint density at radius 3 is 2.69 bits per heavy atom. The zero-order valence-electron chi connectivity index (χ0n) is 10.8. The molecule has 0 bridgehead atoms. The van der Waals surface area contributed by atoms with Crippen molar-refractivity contribution in [2.24, 2.45) is 11.8 Å². The Labute approximate surface area is 100 Å². The first-order valence-corrected chi connectivity index (χ1v) is 6.87. The van der Waals surface area contributed by atoms with Gasteiger partial charge in [0.25, 0.3) is 0 Å². The van der Waals surface area contributed by atoms with Crippen molar-refractivity contribution in [3.8, 4) is 0 Å². The fourth-order valence-electron chi connectivity index (χ4n) is 2.90. The van der Waals surface area contributed by atoms with Gasteiger partial charge >= 0.3 is 0 Å². The van der Waals surface area contributed by atoms with E-state index in [2.05, 4.69) is 37.0 Å². The maximum atomic E-state index is 2.58. The van der Waals surface area contributed by atoms with Gasteiger partial charge in [0.2, 0.25) is 0 Å². The summed E-state index contributed by atoms with van der Waals surface area (Å²) in [7, 11) is 0. The molecule has 1 saturated heterocycles. The van der Waals surface area contributed by atoms with Crippen molar-refractivity contribution in [3.05, 3.63) is 23.8 Å². The number of hydrogen-bond acceptors (Lipinski definition) is 1. The lowest BCUT2D eigenvalue weighted by molar-refractivity contribution is 0.190. The van der Waals surface area contributed by atoms with Gasteiger partial charge in [-0.15, -0.1) is 0 Å². The monoisotopic (exact) mass is 219 g/mol. The van der Waals surface area contributed by atoms with Crippen LogP contribution < -0.4 is 0 Å². The van der Waals surface area contributed by atoms with Crippen LogP contribution in [0, 0.1) is 11.8 Å². The minimum absolute atomic E-state index is 0.786. The van der Waals surface area contributed by atoms with Gasteiger partial charge in [-0.25, -0.2) is 0 Å². The van der Waals surface area contributed by atoms with Gasteiger partial charge in [0.15, 0.2) is 0 Å². The first-order valence-electron chi connectivity index (χ1n) is 6.87. The van der Waals surface area contributed by atoms with Crippen molar-refractivity contribution in [2.45, 2.75) is 39.5 Å². The topological polar surface area (TPSA) is 3.24 Å². The minimum atomic E-state index is 0.786. The molecule has 1 heterocycles. The molecule has 1 aliphatic carbocycles. The highest BCUT2D eigenvalue weighted by Crippen LogP contribution is 2.30. The van der Waals surface area contributed by atoms with E-state index in [0.29, 0.717) is 0 Å². The van der Waals surface area contributed by atoms with Crippen molar-refractivity contribution < 1.29 is 0 Å². The molecule has 90 valence electrons. The van der Waals surface area contributed by atoms with Crippen LogP contribution in [0.15, 0.2) is 23.8 Å². The Kier molecular flexibility index (Phi) is 4.22. The summed E-state index contributed by atoms with van der Waals surface area (Å²) in [5.74, 6) is 1.73. The van der Waals surface area contributed by atoms with Gasteiger partial charge in [-0.05, 0) is 57.2 Å². The summed E-state index contributed by atoms with van der Waals surface area (Å²) in [4.78, 5) is 2.58. The van der Waals surface area contributed by atoms with Crippen LogP contribution in [0.4, 0.5) is 0 Å². The van der Waals surface area contributed by atoms with Gasteiger partial charge in [0, 0.05) is 0 Å². The maximum Gasteiger partial charge on any atom is -0.00161 e. The zero-order chi connectivity index (χ0) is 11.4. The van der Waals surface area contributed by atoms with E-state index in [0.717, 1.165) is 11.8 Å². The van der Waals surface area contributed by atoms with Crippen molar-refractivity contribution in [1.29, 1.82) is 0 Å². The second kappa shape index (κ2) is 5.67. The number of hydrogen-bond donors (Lipinski definition) is 0. The van der Waals surface area contributed by atoms with Gasteiger partial charge in [-0.1, -0.05) is 37.6 Å². The predicted octanol–water partition coefficient (Wildman–Crippen LogP) is 3.63. The molecule has 1 heteroatoms. The highest BCUT2D eigenvalue weighted by atomic mass is 15.1. The van der Waals surface area contributed by atoms with Crippen LogP contribution in [0.25, 0.3) is 0 Å². The third kappa shape index (κ3) is 2.98.